The summed E-state index contributed by atoms with van der Waals surface area (Å²) in [7, 11) is 0. The molecule has 1 fully saturated rings. The Morgan fingerprint density at radius 3 is 2.63 bits per heavy atom. The minimum atomic E-state index is -0.492. The third-order valence-electron chi connectivity index (χ3n) is 4.13. The van der Waals surface area contributed by atoms with Crippen molar-refractivity contribution in [1.82, 2.24) is 4.90 Å². The molecule has 2 atom stereocenters. The molecule has 2 unspecified atom stereocenters. The number of halogens is 1. The fourth-order valence-corrected chi connectivity index (χ4v) is 3.02. The molecular weight excluding hydrogens is 241 g/mol. The summed E-state index contributed by atoms with van der Waals surface area (Å²) in [5, 5.41) is 10.1. The Kier molecular flexibility index (Phi) is 4.94. The van der Waals surface area contributed by atoms with Gasteiger partial charge in [-0.3, -0.25) is 0 Å². The molecule has 0 aromatic heterocycles. The molecule has 2 rings (SSSR count). The van der Waals surface area contributed by atoms with Crippen molar-refractivity contribution in [2.75, 3.05) is 13.1 Å². The molecule has 1 aromatic rings. The van der Waals surface area contributed by atoms with E-state index in [0.29, 0.717) is 12.0 Å². The molecule has 19 heavy (non-hydrogen) atoms. The highest BCUT2D eigenvalue weighted by atomic mass is 19.1. The van der Waals surface area contributed by atoms with Gasteiger partial charge in [-0.1, -0.05) is 26.0 Å². The minimum Gasteiger partial charge on any atom is -0.388 e. The van der Waals surface area contributed by atoms with Crippen molar-refractivity contribution in [3.05, 3.63) is 35.6 Å². The standard InChI is InChI=1S/C16H24FNO/c1-12(2)15-4-3-10-18(15)11-9-16(19)13-5-7-14(17)8-6-13/h5-8,12,15-16,19H,3-4,9-11H2,1-2H3. The molecule has 0 bridgehead atoms. The minimum absolute atomic E-state index is 0.254. The van der Waals surface area contributed by atoms with E-state index < -0.39 is 6.10 Å². The third kappa shape index (κ3) is 3.77. The third-order valence-corrected chi connectivity index (χ3v) is 4.13. The monoisotopic (exact) mass is 265 g/mol. The second-order valence-electron chi connectivity index (χ2n) is 5.85. The van der Waals surface area contributed by atoms with Crippen LogP contribution in [0.2, 0.25) is 0 Å². The summed E-state index contributed by atoms with van der Waals surface area (Å²) in [5.41, 5.74) is 0.807. The lowest BCUT2D eigenvalue weighted by Crippen LogP contribution is -2.34. The molecule has 2 nitrogen and oxygen atoms in total. The lowest BCUT2D eigenvalue weighted by molar-refractivity contribution is 0.128. The first-order valence-electron chi connectivity index (χ1n) is 7.25. The fraction of sp³-hybridized carbons (Fsp3) is 0.625. The Balaban J connectivity index is 1.86. The first-order chi connectivity index (χ1) is 9.08. The molecule has 1 aliphatic heterocycles. The van der Waals surface area contributed by atoms with Gasteiger partial charge in [0.25, 0.3) is 0 Å². The largest absolute Gasteiger partial charge is 0.388 e. The van der Waals surface area contributed by atoms with Crippen LogP contribution in [0.5, 0.6) is 0 Å². The maximum absolute atomic E-state index is 12.8. The van der Waals surface area contributed by atoms with E-state index >= 15 is 0 Å². The van der Waals surface area contributed by atoms with Gasteiger partial charge in [-0.2, -0.15) is 0 Å². The number of aliphatic hydroxyl groups is 1. The summed E-state index contributed by atoms with van der Waals surface area (Å²) >= 11 is 0. The van der Waals surface area contributed by atoms with Gasteiger partial charge in [-0.05, 0) is 49.4 Å². The van der Waals surface area contributed by atoms with E-state index in [0.717, 1.165) is 25.1 Å². The van der Waals surface area contributed by atoms with Crippen LogP contribution in [-0.2, 0) is 0 Å². The number of benzene rings is 1. The summed E-state index contributed by atoms with van der Waals surface area (Å²) in [4.78, 5) is 2.48. The molecule has 1 saturated heterocycles. The topological polar surface area (TPSA) is 23.5 Å². The highest BCUT2D eigenvalue weighted by molar-refractivity contribution is 5.18. The summed E-state index contributed by atoms with van der Waals surface area (Å²) in [6.45, 7) is 6.58. The Morgan fingerprint density at radius 2 is 2.00 bits per heavy atom. The molecule has 3 heteroatoms. The fourth-order valence-electron chi connectivity index (χ4n) is 3.02. The molecule has 0 radical (unpaired) electrons. The van der Waals surface area contributed by atoms with Crippen molar-refractivity contribution in [2.45, 2.75) is 45.3 Å². The molecule has 0 aliphatic carbocycles. The number of aliphatic hydroxyl groups excluding tert-OH is 1. The van der Waals surface area contributed by atoms with Crippen molar-refractivity contribution in [2.24, 2.45) is 5.92 Å². The lowest BCUT2D eigenvalue weighted by Gasteiger charge is -2.28. The van der Waals surface area contributed by atoms with Gasteiger partial charge in [-0.25, -0.2) is 4.39 Å². The molecule has 1 N–H and O–H groups in total. The van der Waals surface area contributed by atoms with Crippen molar-refractivity contribution in [1.29, 1.82) is 0 Å². The van der Waals surface area contributed by atoms with E-state index in [9.17, 15) is 9.50 Å². The second kappa shape index (κ2) is 6.49. The summed E-state index contributed by atoms with van der Waals surface area (Å²) in [5.74, 6) is 0.417. The molecule has 1 aliphatic rings. The molecule has 106 valence electrons. The van der Waals surface area contributed by atoms with E-state index in [-0.39, 0.29) is 5.82 Å². The van der Waals surface area contributed by atoms with Gasteiger partial charge in [0.1, 0.15) is 5.82 Å². The molecule has 1 aromatic carbocycles. The van der Waals surface area contributed by atoms with Crippen LogP contribution in [0.1, 0.15) is 44.8 Å². The van der Waals surface area contributed by atoms with Crippen molar-refractivity contribution in [3.63, 3.8) is 0 Å². The number of hydrogen-bond acceptors (Lipinski definition) is 2. The molecule has 0 amide bonds. The average molecular weight is 265 g/mol. The average Bonchev–Trinajstić information content (AvgIpc) is 2.85. The molecule has 1 heterocycles. The lowest BCUT2D eigenvalue weighted by atomic mass is 10.0. The van der Waals surface area contributed by atoms with Gasteiger partial charge in [0.2, 0.25) is 0 Å². The van der Waals surface area contributed by atoms with Crippen molar-refractivity contribution < 1.29 is 9.50 Å². The summed E-state index contributed by atoms with van der Waals surface area (Å²) < 4.78 is 12.8. The zero-order valence-corrected chi connectivity index (χ0v) is 11.8. The van der Waals surface area contributed by atoms with Crippen LogP contribution in [0.4, 0.5) is 4.39 Å². The van der Waals surface area contributed by atoms with Gasteiger partial charge >= 0.3 is 0 Å². The quantitative estimate of drug-likeness (QED) is 0.882. The number of nitrogens with zero attached hydrogens (tertiary/aromatic N) is 1. The molecular formula is C16H24FNO. The Hall–Kier alpha value is -0.930. The zero-order chi connectivity index (χ0) is 13.8. The summed E-state index contributed by atoms with van der Waals surface area (Å²) in [6.07, 6.45) is 2.75. The predicted octanol–water partition coefficient (Wildman–Crippen LogP) is 3.37. The highest BCUT2D eigenvalue weighted by Gasteiger charge is 2.27. The van der Waals surface area contributed by atoms with Gasteiger partial charge < -0.3 is 10.0 Å². The Labute approximate surface area is 115 Å². The Morgan fingerprint density at radius 1 is 1.32 bits per heavy atom. The first-order valence-corrected chi connectivity index (χ1v) is 7.25. The SMILES string of the molecule is CC(C)C1CCCN1CCC(O)c1ccc(F)cc1. The predicted molar refractivity (Wildman–Crippen MR) is 75.4 cm³/mol. The second-order valence-corrected chi connectivity index (χ2v) is 5.85. The highest BCUT2D eigenvalue weighted by Crippen LogP contribution is 2.25. The van der Waals surface area contributed by atoms with Crippen LogP contribution < -0.4 is 0 Å². The normalized spacial score (nSPS) is 22.1. The van der Waals surface area contributed by atoms with Crippen LogP contribution in [0.3, 0.4) is 0 Å². The van der Waals surface area contributed by atoms with Crippen LogP contribution in [-0.4, -0.2) is 29.1 Å². The van der Waals surface area contributed by atoms with Crippen LogP contribution in [0.25, 0.3) is 0 Å². The van der Waals surface area contributed by atoms with Gasteiger partial charge in [0.05, 0.1) is 6.10 Å². The van der Waals surface area contributed by atoms with Gasteiger partial charge in [-0.15, -0.1) is 0 Å². The van der Waals surface area contributed by atoms with E-state index in [2.05, 4.69) is 18.7 Å². The van der Waals surface area contributed by atoms with E-state index in [1.807, 2.05) is 0 Å². The summed E-state index contributed by atoms with van der Waals surface area (Å²) in [6, 6.07) is 6.81. The number of likely N-dealkylation sites (tertiary alicyclic amines) is 1. The van der Waals surface area contributed by atoms with Crippen LogP contribution in [0, 0.1) is 11.7 Å². The van der Waals surface area contributed by atoms with Gasteiger partial charge in [0, 0.05) is 12.6 Å². The molecule has 0 saturated carbocycles. The maximum atomic E-state index is 12.8. The van der Waals surface area contributed by atoms with E-state index in [1.165, 1.54) is 25.0 Å². The van der Waals surface area contributed by atoms with Crippen LogP contribution >= 0.6 is 0 Å². The van der Waals surface area contributed by atoms with E-state index in [1.54, 1.807) is 12.1 Å². The van der Waals surface area contributed by atoms with Crippen molar-refractivity contribution >= 4 is 0 Å². The smallest absolute Gasteiger partial charge is 0.123 e. The maximum Gasteiger partial charge on any atom is 0.123 e. The van der Waals surface area contributed by atoms with Gasteiger partial charge in [0.15, 0.2) is 0 Å². The molecule has 0 spiro atoms. The van der Waals surface area contributed by atoms with Crippen molar-refractivity contribution in [3.8, 4) is 0 Å². The van der Waals surface area contributed by atoms with E-state index in [4.69, 9.17) is 0 Å². The number of rotatable bonds is 5. The van der Waals surface area contributed by atoms with Crippen LogP contribution in [0.15, 0.2) is 24.3 Å². The first kappa shape index (κ1) is 14.5. The zero-order valence-electron chi connectivity index (χ0n) is 11.8. The number of hydrogen-bond donors (Lipinski definition) is 1. The Bertz CT molecular complexity index is 390.